The van der Waals surface area contributed by atoms with Crippen LogP contribution in [0.4, 0.5) is 18.9 Å². The number of benzene rings is 1. The summed E-state index contributed by atoms with van der Waals surface area (Å²) in [5.74, 6) is -5.21. The van der Waals surface area contributed by atoms with Crippen molar-refractivity contribution in [3.8, 4) is 0 Å². The molecule has 12 heteroatoms. The van der Waals surface area contributed by atoms with Gasteiger partial charge in [0.2, 0.25) is 20.0 Å². The third kappa shape index (κ3) is 5.08. The fraction of sp³-hybridized carbons (Fsp3) is 0.462. The largest absolute Gasteiger partial charge is 0.478 e. The van der Waals surface area contributed by atoms with Crippen LogP contribution in [0.1, 0.15) is 23.2 Å². The van der Waals surface area contributed by atoms with Crippen LogP contribution in [0.5, 0.6) is 0 Å². The highest BCUT2D eigenvalue weighted by Crippen LogP contribution is 2.29. The van der Waals surface area contributed by atoms with E-state index in [1.54, 1.807) is 0 Å². The van der Waals surface area contributed by atoms with Crippen LogP contribution in [0.2, 0.25) is 0 Å². The van der Waals surface area contributed by atoms with Gasteiger partial charge in [0.25, 0.3) is 0 Å². The van der Waals surface area contributed by atoms with Gasteiger partial charge in [0.1, 0.15) is 5.69 Å². The molecule has 1 N–H and O–H groups in total. The molecule has 0 amide bonds. The van der Waals surface area contributed by atoms with E-state index in [1.807, 2.05) is 0 Å². The van der Waals surface area contributed by atoms with Crippen molar-refractivity contribution in [2.75, 3.05) is 28.6 Å². The zero-order valence-corrected chi connectivity index (χ0v) is 14.5. The van der Waals surface area contributed by atoms with E-state index < -0.39 is 80.8 Å². The Morgan fingerprint density at radius 3 is 1.88 bits per heavy atom. The molecular formula is C13H16F3NO6S2. The third-order valence-electron chi connectivity index (χ3n) is 2.98. The maximum Gasteiger partial charge on any atom is 0.338 e. The zero-order valence-electron chi connectivity index (χ0n) is 12.9. The number of aromatic carboxylic acids is 1. The van der Waals surface area contributed by atoms with Crippen molar-refractivity contribution in [3.63, 3.8) is 0 Å². The lowest BCUT2D eigenvalue weighted by atomic mass is 10.2. The van der Waals surface area contributed by atoms with Crippen molar-refractivity contribution in [2.24, 2.45) is 0 Å². The van der Waals surface area contributed by atoms with Crippen molar-refractivity contribution in [3.05, 3.63) is 29.6 Å². The minimum absolute atomic E-state index is 0.271. The highest BCUT2D eigenvalue weighted by atomic mass is 32.3. The van der Waals surface area contributed by atoms with Gasteiger partial charge in [-0.3, -0.25) is 8.78 Å². The molecule has 0 fully saturated rings. The van der Waals surface area contributed by atoms with E-state index >= 15 is 0 Å². The van der Waals surface area contributed by atoms with E-state index in [4.69, 9.17) is 5.11 Å². The minimum Gasteiger partial charge on any atom is -0.478 e. The fourth-order valence-electron chi connectivity index (χ4n) is 1.94. The highest BCUT2D eigenvalue weighted by Gasteiger charge is 2.36. The second-order valence-electron chi connectivity index (χ2n) is 4.86. The number of rotatable bonds is 10. The number of sulfonamides is 2. The summed E-state index contributed by atoms with van der Waals surface area (Å²) in [7, 11) is -9.48. The number of nitrogens with zero attached hydrogens (tertiary/aromatic N) is 1. The molecule has 1 aromatic rings. The van der Waals surface area contributed by atoms with E-state index in [-0.39, 0.29) is 3.71 Å². The smallest absolute Gasteiger partial charge is 0.338 e. The minimum atomic E-state index is -4.74. The molecule has 0 saturated heterocycles. The molecule has 1 rings (SSSR count). The first kappa shape index (κ1) is 21.2. The molecule has 0 aliphatic carbocycles. The number of alkyl halides is 2. The van der Waals surface area contributed by atoms with Crippen molar-refractivity contribution in [1.29, 1.82) is 0 Å². The fourth-order valence-corrected chi connectivity index (χ4v) is 5.93. The zero-order chi connectivity index (χ0) is 19.3. The van der Waals surface area contributed by atoms with E-state index in [2.05, 4.69) is 0 Å². The van der Waals surface area contributed by atoms with Gasteiger partial charge in [-0.2, -0.15) is 3.71 Å². The van der Waals surface area contributed by atoms with E-state index in [0.29, 0.717) is 0 Å². The van der Waals surface area contributed by atoms with Crippen LogP contribution in [-0.2, 0) is 20.0 Å². The Morgan fingerprint density at radius 2 is 1.48 bits per heavy atom. The second kappa shape index (κ2) is 8.52. The first-order valence-corrected chi connectivity index (χ1v) is 10.2. The molecule has 142 valence electrons. The Labute approximate surface area is 143 Å². The van der Waals surface area contributed by atoms with E-state index in [9.17, 15) is 34.8 Å². The summed E-state index contributed by atoms with van der Waals surface area (Å²) in [5, 5.41) is 8.90. The van der Waals surface area contributed by atoms with Crippen LogP contribution in [-0.4, -0.2) is 52.8 Å². The molecule has 0 aliphatic heterocycles. The second-order valence-corrected chi connectivity index (χ2v) is 8.96. The summed E-state index contributed by atoms with van der Waals surface area (Å²) < 4.78 is 87.9. The lowest BCUT2D eigenvalue weighted by Crippen LogP contribution is -2.41. The first-order chi connectivity index (χ1) is 11.6. The highest BCUT2D eigenvalue weighted by molar-refractivity contribution is 8.10. The molecule has 0 saturated carbocycles. The third-order valence-corrected chi connectivity index (χ3v) is 7.36. The predicted octanol–water partition coefficient (Wildman–Crippen LogP) is 1.71. The number of hydrogen-bond acceptors (Lipinski definition) is 5. The van der Waals surface area contributed by atoms with Crippen LogP contribution in [0, 0.1) is 5.82 Å². The SMILES string of the molecule is O=C(O)c1cccc(N(S(=O)(=O)CCCF)S(=O)(=O)CCCF)c1F. The maximum absolute atomic E-state index is 14.4. The number of anilines is 1. The van der Waals surface area contributed by atoms with Crippen molar-refractivity contribution < 1.29 is 39.9 Å². The van der Waals surface area contributed by atoms with E-state index in [0.717, 1.165) is 18.2 Å². The van der Waals surface area contributed by atoms with Crippen LogP contribution < -0.4 is 3.71 Å². The quantitative estimate of drug-likeness (QED) is 0.637. The Balaban J connectivity index is 3.59. The summed E-state index contributed by atoms with van der Waals surface area (Å²) in [5.41, 5.74) is -1.97. The Bertz CT molecular complexity index is 788. The lowest BCUT2D eigenvalue weighted by molar-refractivity contribution is 0.0692. The molecule has 7 nitrogen and oxygen atoms in total. The monoisotopic (exact) mass is 403 g/mol. The standard InChI is InChI=1S/C13H16F3NO6S2/c14-6-2-8-24(20,21)17(25(22,23)9-3-7-15)11-5-1-4-10(12(11)16)13(18)19/h1,4-5H,2-3,6-9H2,(H,18,19). The topological polar surface area (TPSA) is 109 Å². The van der Waals surface area contributed by atoms with Crippen LogP contribution in [0.3, 0.4) is 0 Å². The first-order valence-electron chi connectivity index (χ1n) is 6.98. The number of halogens is 3. The van der Waals surface area contributed by atoms with Crippen molar-refractivity contribution in [2.45, 2.75) is 12.8 Å². The van der Waals surface area contributed by atoms with Crippen LogP contribution in [0.15, 0.2) is 18.2 Å². The summed E-state index contributed by atoms with van der Waals surface area (Å²) in [6.45, 7) is -2.12. The molecule has 0 spiro atoms. The molecule has 0 heterocycles. The van der Waals surface area contributed by atoms with Crippen molar-refractivity contribution in [1.82, 2.24) is 0 Å². The van der Waals surface area contributed by atoms with Crippen LogP contribution >= 0.6 is 0 Å². The summed E-state index contributed by atoms with van der Waals surface area (Å²) in [6, 6.07) is 2.55. The summed E-state index contributed by atoms with van der Waals surface area (Å²) >= 11 is 0. The van der Waals surface area contributed by atoms with Gasteiger partial charge < -0.3 is 5.11 Å². The average Bonchev–Trinajstić information content (AvgIpc) is 2.52. The van der Waals surface area contributed by atoms with Gasteiger partial charge in [0.05, 0.1) is 30.4 Å². The summed E-state index contributed by atoms with van der Waals surface area (Å²) in [6.07, 6.45) is -1.09. The molecule has 0 aromatic heterocycles. The number of carboxylic acid groups (broad SMARTS) is 1. The number of carbonyl (C=O) groups is 1. The molecule has 0 atom stereocenters. The van der Waals surface area contributed by atoms with Gasteiger partial charge in [-0.05, 0) is 25.0 Å². The number of hydrogen-bond donors (Lipinski definition) is 1. The molecule has 25 heavy (non-hydrogen) atoms. The molecule has 1 aromatic carbocycles. The van der Waals surface area contributed by atoms with Crippen LogP contribution in [0.25, 0.3) is 0 Å². The number of carboxylic acids is 1. The predicted molar refractivity (Wildman–Crippen MR) is 84.6 cm³/mol. The maximum atomic E-state index is 14.4. The molecule has 0 aliphatic rings. The van der Waals surface area contributed by atoms with E-state index in [1.165, 1.54) is 0 Å². The van der Waals surface area contributed by atoms with Gasteiger partial charge >= 0.3 is 5.97 Å². The van der Waals surface area contributed by atoms with Crippen molar-refractivity contribution >= 4 is 31.7 Å². The van der Waals surface area contributed by atoms with Gasteiger partial charge in [-0.1, -0.05) is 6.07 Å². The normalized spacial score (nSPS) is 12.1. The Hall–Kier alpha value is -1.82. The average molecular weight is 403 g/mol. The molecule has 0 radical (unpaired) electrons. The molecule has 0 bridgehead atoms. The Kier molecular flexibility index (Phi) is 7.23. The van der Waals surface area contributed by atoms with Gasteiger partial charge in [0.15, 0.2) is 5.82 Å². The molecule has 0 unspecified atom stereocenters. The van der Waals surface area contributed by atoms with Gasteiger partial charge in [-0.15, -0.1) is 0 Å². The summed E-state index contributed by atoms with van der Waals surface area (Å²) in [4.78, 5) is 11.0. The van der Waals surface area contributed by atoms with Gasteiger partial charge in [-0.25, -0.2) is 26.0 Å². The Morgan fingerprint density at radius 1 is 1.00 bits per heavy atom. The lowest BCUT2D eigenvalue weighted by Gasteiger charge is -2.24. The molecular weight excluding hydrogens is 387 g/mol. The van der Waals surface area contributed by atoms with Gasteiger partial charge in [0, 0.05) is 0 Å².